The zero-order chi connectivity index (χ0) is 11.7. The molecule has 0 bridgehead atoms. The van der Waals surface area contributed by atoms with Crippen LogP contribution in [0, 0.1) is 0 Å². The van der Waals surface area contributed by atoms with E-state index in [1.807, 2.05) is 0 Å². The Bertz CT molecular complexity index is 415. The third-order valence-corrected chi connectivity index (χ3v) is 3.47. The van der Waals surface area contributed by atoms with Gasteiger partial charge in [-0.1, -0.05) is 0 Å². The van der Waals surface area contributed by atoms with Crippen molar-refractivity contribution >= 4 is 5.95 Å². The van der Waals surface area contributed by atoms with Gasteiger partial charge in [-0.2, -0.15) is 4.98 Å². The zero-order valence-electron chi connectivity index (χ0n) is 10.2. The Balaban J connectivity index is 1.94. The molecule has 3 rings (SSSR count). The molecule has 0 aromatic carbocycles. The molecule has 17 heavy (non-hydrogen) atoms. The standard InChI is InChI=1S/C12H18N4O/c1-17-11-9-7-13-8-10(9)14-12(15-11)16-5-3-2-4-6-16/h13H,2-8H2,1H3. The number of hydrogen-bond acceptors (Lipinski definition) is 5. The van der Waals surface area contributed by atoms with Crippen molar-refractivity contribution < 1.29 is 4.74 Å². The van der Waals surface area contributed by atoms with Gasteiger partial charge in [0.1, 0.15) is 0 Å². The number of nitrogens with one attached hydrogen (secondary N) is 1. The molecule has 2 aliphatic heterocycles. The molecule has 0 saturated carbocycles. The minimum absolute atomic E-state index is 0.737. The van der Waals surface area contributed by atoms with Gasteiger partial charge in [0.05, 0.1) is 18.4 Å². The van der Waals surface area contributed by atoms with Gasteiger partial charge >= 0.3 is 0 Å². The number of rotatable bonds is 2. The second kappa shape index (κ2) is 4.49. The Morgan fingerprint density at radius 2 is 1.94 bits per heavy atom. The number of anilines is 1. The summed E-state index contributed by atoms with van der Waals surface area (Å²) in [7, 11) is 1.68. The third kappa shape index (κ3) is 1.95. The SMILES string of the molecule is COc1nc(N2CCCCC2)nc2c1CNC2. The number of piperidine rings is 1. The Morgan fingerprint density at radius 3 is 2.71 bits per heavy atom. The lowest BCUT2D eigenvalue weighted by Crippen LogP contribution is -2.31. The van der Waals surface area contributed by atoms with Crippen molar-refractivity contribution in [2.24, 2.45) is 0 Å². The van der Waals surface area contributed by atoms with E-state index in [1.165, 1.54) is 19.3 Å². The highest BCUT2D eigenvalue weighted by Gasteiger charge is 2.22. The molecule has 1 aromatic rings. The summed E-state index contributed by atoms with van der Waals surface area (Å²) in [4.78, 5) is 11.5. The second-order valence-corrected chi connectivity index (χ2v) is 4.61. The number of aromatic nitrogens is 2. The van der Waals surface area contributed by atoms with E-state index in [0.29, 0.717) is 0 Å². The van der Waals surface area contributed by atoms with Crippen molar-refractivity contribution in [3.8, 4) is 5.88 Å². The Morgan fingerprint density at radius 1 is 1.12 bits per heavy atom. The monoisotopic (exact) mass is 234 g/mol. The molecule has 0 spiro atoms. The summed E-state index contributed by atoms with van der Waals surface area (Å²) in [6, 6.07) is 0. The topological polar surface area (TPSA) is 50.3 Å². The average Bonchev–Trinajstić information content (AvgIpc) is 2.86. The maximum atomic E-state index is 5.37. The van der Waals surface area contributed by atoms with Gasteiger partial charge in [-0.05, 0) is 19.3 Å². The summed E-state index contributed by atoms with van der Waals surface area (Å²) in [6.07, 6.45) is 3.79. The van der Waals surface area contributed by atoms with Gasteiger partial charge in [0.15, 0.2) is 0 Å². The predicted molar refractivity (Wildman–Crippen MR) is 65.2 cm³/mol. The van der Waals surface area contributed by atoms with Crippen LogP contribution in [-0.2, 0) is 13.1 Å². The number of methoxy groups -OCH3 is 1. The number of ether oxygens (including phenoxy) is 1. The summed E-state index contributed by atoms with van der Waals surface area (Å²) in [5.41, 5.74) is 2.21. The first-order chi connectivity index (χ1) is 8.38. The van der Waals surface area contributed by atoms with Crippen LogP contribution >= 0.6 is 0 Å². The maximum Gasteiger partial charge on any atom is 0.228 e. The molecule has 0 amide bonds. The van der Waals surface area contributed by atoms with Gasteiger partial charge < -0.3 is 15.0 Å². The van der Waals surface area contributed by atoms with Crippen molar-refractivity contribution in [1.82, 2.24) is 15.3 Å². The van der Waals surface area contributed by atoms with E-state index in [0.717, 1.165) is 49.3 Å². The molecule has 92 valence electrons. The van der Waals surface area contributed by atoms with Crippen LogP contribution in [0.4, 0.5) is 5.95 Å². The highest BCUT2D eigenvalue weighted by Crippen LogP contribution is 2.26. The van der Waals surface area contributed by atoms with Gasteiger partial charge in [0.2, 0.25) is 11.8 Å². The average molecular weight is 234 g/mol. The lowest BCUT2D eigenvalue weighted by atomic mass is 10.1. The first-order valence-electron chi connectivity index (χ1n) is 6.28. The van der Waals surface area contributed by atoms with Crippen molar-refractivity contribution in [1.29, 1.82) is 0 Å². The molecule has 0 atom stereocenters. The first-order valence-corrected chi connectivity index (χ1v) is 6.28. The van der Waals surface area contributed by atoms with Crippen molar-refractivity contribution in [3.63, 3.8) is 0 Å². The molecule has 1 N–H and O–H groups in total. The minimum atomic E-state index is 0.737. The van der Waals surface area contributed by atoms with Crippen LogP contribution < -0.4 is 15.0 Å². The van der Waals surface area contributed by atoms with Crippen LogP contribution in [0.15, 0.2) is 0 Å². The number of hydrogen-bond donors (Lipinski definition) is 1. The highest BCUT2D eigenvalue weighted by atomic mass is 16.5. The molecule has 1 saturated heterocycles. The van der Waals surface area contributed by atoms with Gasteiger partial charge in [-0.25, -0.2) is 4.98 Å². The van der Waals surface area contributed by atoms with Crippen LogP contribution in [0.25, 0.3) is 0 Å². The van der Waals surface area contributed by atoms with E-state index in [1.54, 1.807) is 7.11 Å². The van der Waals surface area contributed by atoms with E-state index in [4.69, 9.17) is 4.74 Å². The van der Waals surface area contributed by atoms with Crippen LogP contribution in [-0.4, -0.2) is 30.2 Å². The zero-order valence-corrected chi connectivity index (χ0v) is 10.2. The van der Waals surface area contributed by atoms with Crippen molar-refractivity contribution in [2.75, 3.05) is 25.1 Å². The normalized spacial score (nSPS) is 19.2. The first kappa shape index (κ1) is 10.8. The fourth-order valence-electron chi connectivity index (χ4n) is 2.53. The quantitative estimate of drug-likeness (QED) is 0.829. The third-order valence-electron chi connectivity index (χ3n) is 3.47. The summed E-state index contributed by atoms with van der Waals surface area (Å²) < 4.78 is 5.37. The van der Waals surface area contributed by atoms with Gasteiger partial charge in [0.25, 0.3) is 0 Å². The van der Waals surface area contributed by atoms with Crippen molar-refractivity contribution in [3.05, 3.63) is 11.3 Å². The summed E-state index contributed by atoms with van der Waals surface area (Å²) in [6.45, 7) is 3.78. The van der Waals surface area contributed by atoms with Crippen LogP contribution in [0.3, 0.4) is 0 Å². The van der Waals surface area contributed by atoms with Crippen LogP contribution in [0.1, 0.15) is 30.5 Å². The lowest BCUT2D eigenvalue weighted by Gasteiger charge is -2.27. The van der Waals surface area contributed by atoms with Gasteiger partial charge in [0, 0.05) is 26.2 Å². The molecule has 0 aliphatic carbocycles. The van der Waals surface area contributed by atoms with E-state index >= 15 is 0 Å². The van der Waals surface area contributed by atoms with E-state index < -0.39 is 0 Å². The smallest absolute Gasteiger partial charge is 0.228 e. The fraction of sp³-hybridized carbons (Fsp3) is 0.667. The Kier molecular flexibility index (Phi) is 2.84. The molecule has 1 aromatic heterocycles. The second-order valence-electron chi connectivity index (χ2n) is 4.61. The minimum Gasteiger partial charge on any atom is -0.481 e. The fourth-order valence-corrected chi connectivity index (χ4v) is 2.53. The largest absolute Gasteiger partial charge is 0.481 e. The van der Waals surface area contributed by atoms with E-state index in [9.17, 15) is 0 Å². The molecule has 0 radical (unpaired) electrons. The number of fused-ring (bicyclic) bond motifs is 1. The Labute approximate surface area is 101 Å². The summed E-state index contributed by atoms with van der Waals surface area (Å²) in [5, 5.41) is 3.29. The molecule has 5 heteroatoms. The molecule has 3 heterocycles. The lowest BCUT2D eigenvalue weighted by molar-refractivity contribution is 0.391. The summed E-state index contributed by atoms with van der Waals surface area (Å²) in [5.74, 6) is 1.57. The van der Waals surface area contributed by atoms with E-state index in [2.05, 4.69) is 20.2 Å². The molecule has 1 fully saturated rings. The van der Waals surface area contributed by atoms with Gasteiger partial charge in [-0.15, -0.1) is 0 Å². The van der Waals surface area contributed by atoms with Crippen LogP contribution in [0.5, 0.6) is 5.88 Å². The van der Waals surface area contributed by atoms with Crippen molar-refractivity contribution in [2.45, 2.75) is 32.4 Å². The maximum absolute atomic E-state index is 5.37. The van der Waals surface area contributed by atoms with E-state index in [-0.39, 0.29) is 0 Å². The molecular formula is C12H18N4O. The highest BCUT2D eigenvalue weighted by molar-refractivity contribution is 5.42. The van der Waals surface area contributed by atoms with Crippen LogP contribution in [0.2, 0.25) is 0 Å². The van der Waals surface area contributed by atoms with Gasteiger partial charge in [-0.3, -0.25) is 0 Å². The predicted octanol–water partition coefficient (Wildman–Crippen LogP) is 1.08. The number of nitrogens with zero attached hydrogens (tertiary/aromatic N) is 3. The summed E-state index contributed by atoms with van der Waals surface area (Å²) >= 11 is 0. The Hall–Kier alpha value is -1.36. The molecular weight excluding hydrogens is 216 g/mol. The molecule has 5 nitrogen and oxygen atoms in total. The molecule has 0 unspecified atom stereocenters. The molecule has 2 aliphatic rings.